The van der Waals surface area contributed by atoms with Crippen molar-refractivity contribution in [1.82, 2.24) is 0 Å². The van der Waals surface area contributed by atoms with Crippen LogP contribution >= 0.6 is 11.6 Å². The highest BCUT2D eigenvalue weighted by Gasteiger charge is 2.09. The van der Waals surface area contributed by atoms with Crippen LogP contribution < -0.4 is 10.1 Å². The lowest BCUT2D eigenvalue weighted by molar-refractivity contribution is -0.134. The maximum absolute atomic E-state index is 12.2. The minimum atomic E-state index is -0.311. The van der Waals surface area contributed by atoms with Crippen LogP contribution in [0, 0.1) is 6.92 Å². The van der Waals surface area contributed by atoms with Crippen molar-refractivity contribution in [3.63, 3.8) is 0 Å². The predicted molar refractivity (Wildman–Crippen MR) is 86.5 cm³/mol. The number of aryl methyl sites for hydroxylation is 1. The number of hydrogen-bond acceptors (Lipinski definition) is 3. The van der Waals surface area contributed by atoms with E-state index in [9.17, 15) is 9.59 Å². The highest BCUT2D eigenvalue weighted by atomic mass is 35.5. The second kappa shape index (κ2) is 7.09. The highest BCUT2D eigenvalue weighted by molar-refractivity contribution is 6.30. The molecule has 0 aliphatic carbocycles. The number of benzene rings is 2. The normalized spacial score (nSPS) is 10.1. The topological polar surface area (TPSA) is 55.4 Å². The molecular formula is C17H16ClNO3. The van der Waals surface area contributed by atoms with Gasteiger partial charge in [-0.25, -0.2) is 0 Å². The van der Waals surface area contributed by atoms with E-state index in [0.717, 1.165) is 5.56 Å². The van der Waals surface area contributed by atoms with Crippen molar-refractivity contribution in [3.05, 3.63) is 58.6 Å². The van der Waals surface area contributed by atoms with Gasteiger partial charge in [0.05, 0.1) is 0 Å². The molecule has 0 atom stereocenters. The van der Waals surface area contributed by atoms with Crippen LogP contribution in [0.5, 0.6) is 5.75 Å². The van der Waals surface area contributed by atoms with Gasteiger partial charge in [0.15, 0.2) is 0 Å². The van der Waals surface area contributed by atoms with Gasteiger partial charge in [-0.2, -0.15) is 0 Å². The van der Waals surface area contributed by atoms with Crippen molar-refractivity contribution in [3.8, 4) is 5.75 Å². The maximum Gasteiger partial charge on any atom is 0.310 e. The SMILES string of the molecule is CCC(=O)Oc1ccc(C(=O)Nc2ccc(Cl)cc2C)cc1. The molecule has 0 aliphatic heterocycles. The second-order valence-corrected chi connectivity index (χ2v) is 5.20. The summed E-state index contributed by atoms with van der Waals surface area (Å²) < 4.78 is 5.06. The fraction of sp³-hybridized carbons (Fsp3) is 0.176. The number of carbonyl (C=O) groups is 2. The Balaban J connectivity index is 2.08. The number of hydrogen-bond donors (Lipinski definition) is 1. The summed E-state index contributed by atoms with van der Waals surface area (Å²) in [5.41, 5.74) is 2.07. The van der Waals surface area contributed by atoms with E-state index < -0.39 is 0 Å². The molecule has 2 aromatic carbocycles. The lowest BCUT2D eigenvalue weighted by atomic mass is 10.1. The molecule has 0 bridgehead atoms. The Hall–Kier alpha value is -2.33. The summed E-state index contributed by atoms with van der Waals surface area (Å²) in [5.74, 6) is -0.126. The van der Waals surface area contributed by atoms with Gasteiger partial charge in [0.2, 0.25) is 0 Å². The van der Waals surface area contributed by atoms with Crippen molar-refractivity contribution in [2.24, 2.45) is 0 Å². The molecule has 2 aromatic rings. The summed E-state index contributed by atoms with van der Waals surface area (Å²) >= 11 is 5.89. The Labute approximate surface area is 134 Å². The van der Waals surface area contributed by atoms with Gasteiger partial charge in [-0.15, -0.1) is 0 Å². The number of anilines is 1. The van der Waals surface area contributed by atoms with E-state index in [1.54, 1.807) is 49.4 Å². The largest absolute Gasteiger partial charge is 0.427 e. The summed E-state index contributed by atoms with van der Waals surface area (Å²) in [7, 11) is 0. The minimum absolute atomic E-state index is 0.237. The fourth-order valence-corrected chi connectivity index (χ4v) is 2.07. The number of amides is 1. The third-order valence-electron chi connectivity index (χ3n) is 3.07. The van der Waals surface area contributed by atoms with Crippen molar-refractivity contribution in [1.29, 1.82) is 0 Å². The van der Waals surface area contributed by atoms with Gasteiger partial charge in [0.1, 0.15) is 5.75 Å². The molecule has 22 heavy (non-hydrogen) atoms. The quantitative estimate of drug-likeness (QED) is 0.678. The Bertz CT molecular complexity index is 696. The van der Waals surface area contributed by atoms with Crippen molar-refractivity contribution < 1.29 is 14.3 Å². The highest BCUT2D eigenvalue weighted by Crippen LogP contribution is 2.21. The van der Waals surface area contributed by atoms with E-state index in [2.05, 4.69) is 5.32 Å². The van der Waals surface area contributed by atoms with Crippen LogP contribution in [-0.2, 0) is 4.79 Å². The molecule has 4 nitrogen and oxygen atoms in total. The number of halogens is 1. The zero-order valence-electron chi connectivity index (χ0n) is 12.4. The molecule has 0 aliphatic rings. The molecular weight excluding hydrogens is 302 g/mol. The lowest BCUT2D eigenvalue weighted by Crippen LogP contribution is -2.13. The Kier molecular flexibility index (Phi) is 5.17. The van der Waals surface area contributed by atoms with Crippen molar-refractivity contribution in [2.45, 2.75) is 20.3 Å². The smallest absolute Gasteiger partial charge is 0.310 e. The van der Waals surface area contributed by atoms with Crippen LogP contribution in [0.1, 0.15) is 29.3 Å². The zero-order valence-corrected chi connectivity index (χ0v) is 13.1. The average molecular weight is 318 g/mol. The molecule has 0 saturated carbocycles. The van der Waals surface area contributed by atoms with Gasteiger partial charge in [-0.05, 0) is 55.0 Å². The van der Waals surface area contributed by atoms with Gasteiger partial charge in [-0.3, -0.25) is 9.59 Å². The summed E-state index contributed by atoms with van der Waals surface area (Å²) in [6.07, 6.45) is 0.304. The van der Waals surface area contributed by atoms with E-state index in [-0.39, 0.29) is 11.9 Å². The van der Waals surface area contributed by atoms with Crippen LogP contribution in [0.2, 0.25) is 5.02 Å². The van der Waals surface area contributed by atoms with Crippen molar-refractivity contribution in [2.75, 3.05) is 5.32 Å². The number of nitrogens with one attached hydrogen (secondary N) is 1. The minimum Gasteiger partial charge on any atom is -0.427 e. The fourth-order valence-electron chi connectivity index (χ4n) is 1.84. The molecule has 0 spiro atoms. The molecule has 1 amide bonds. The number of carbonyl (C=O) groups excluding carboxylic acids is 2. The van der Waals surface area contributed by atoms with E-state index >= 15 is 0 Å². The molecule has 0 heterocycles. The van der Waals surface area contributed by atoms with Gasteiger partial charge < -0.3 is 10.1 Å². The molecule has 0 unspecified atom stereocenters. The van der Waals surface area contributed by atoms with E-state index in [1.165, 1.54) is 0 Å². The Morgan fingerprint density at radius 2 is 1.82 bits per heavy atom. The summed E-state index contributed by atoms with van der Waals surface area (Å²) in [6.45, 7) is 3.59. The zero-order chi connectivity index (χ0) is 16.1. The molecule has 0 radical (unpaired) electrons. The molecule has 5 heteroatoms. The first kappa shape index (κ1) is 16.0. The van der Waals surface area contributed by atoms with Crippen LogP contribution in [0.15, 0.2) is 42.5 Å². The van der Waals surface area contributed by atoms with Gasteiger partial charge >= 0.3 is 5.97 Å². The second-order valence-electron chi connectivity index (χ2n) is 4.77. The van der Waals surface area contributed by atoms with Crippen LogP contribution in [0.3, 0.4) is 0 Å². The van der Waals surface area contributed by atoms with Gasteiger partial charge in [-0.1, -0.05) is 18.5 Å². The average Bonchev–Trinajstić information content (AvgIpc) is 2.50. The van der Waals surface area contributed by atoms with Crippen LogP contribution in [0.4, 0.5) is 5.69 Å². The molecule has 0 saturated heterocycles. The molecule has 1 N–H and O–H groups in total. The first-order valence-corrected chi connectivity index (χ1v) is 7.25. The Morgan fingerprint density at radius 1 is 1.14 bits per heavy atom. The van der Waals surface area contributed by atoms with E-state index in [0.29, 0.717) is 28.4 Å². The maximum atomic E-state index is 12.2. The third kappa shape index (κ3) is 4.09. The third-order valence-corrected chi connectivity index (χ3v) is 3.31. The number of rotatable bonds is 4. The Morgan fingerprint density at radius 3 is 2.41 bits per heavy atom. The summed E-state index contributed by atoms with van der Waals surface area (Å²) in [4.78, 5) is 23.4. The van der Waals surface area contributed by atoms with E-state index in [1.807, 2.05) is 6.92 Å². The number of esters is 1. The summed E-state index contributed by atoms with van der Waals surface area (Å²) in [5, 5.41) is 3.44. The monoisotopic (exact) mass is 317 g/mol. The summed E-state index contributed by atoms with van der Waals surface area (Å²) in [6, 6.07) is 11.7. The predicted octanol–water partition coefficient (Wildman–Crippen LogP) is 4.22. The standard InChI is InChI=1S/C17H16ClNO3/c1-3-16(20)22-14-7-4-12(5-8-14)17(21)19-15-9-6-13(18)10-11(15)2/h4-10H,3H2,1-2H3,(H,19,21). The van der Waals surface area contributed by atoms with Gasteiger partial charge in [0, 0.05) is 22.7 Å². The molecule has 2 rings (SSSR count). The molecule has 0 fully saturated rings. The van der Waals surface area contributed by atoms with Crippen LogP contribution in [0.25, 0.3) is 0 Å². The molecule has 0 aromatic heterocycles. The molecule has 114 valence electrons. The van der Waals surface area contributed by atoms with Crippen molar-refractivity contribution >= 4 is 29.2 Å². The lowest BCUT2D eigenvalue weighted by Gasteiger charge is -2.09. The van der Waals surface area contributed by atoms with Crippen LogP contribution in [-0.4, -0.2) is 11.9 Å². The van der Waals surface area contributed by atoms with Gasteiger partial charge in [0.25, 0.3) is 5.91 Å². The number of ether oxygens (including phenoxy) is 1. The first-order chi connectivity index (χ1) is 10.5. The first-order valence-electron chi connectivity index (χ1n) is 6.88. The van der Waals surface area contributed by atoms with E-state index in [4.69, 9.17) is 16.3 Å².